The van der Waals surface area contributed by atoms with Gasteiger partial charge in [0.1, 0.15) is 0 Å². The standard InChI is InChI=1S/C32H28NP/c1-5-13-29(14-6-1)33-25-27-21-23-28(24-22-27)26-34(30-15-7-2-8-16-30,31-17-9-3-10-18-31)32-19-11-4-12-20-32/h1-25,34H,26H2/b33-25+. The van der Waals surface area contributed by atoms with E-state index < -0.39 is 7.26 Å². The number of benzene rings is 5. The Morgan fingerprint density at radius 2 is 0.882 bits per heavy atom. The van der Waals surface area contributed by atoms with Crippen LogP contribution in [-0.4, -0.2) is 6.21 Å². The Labute approximate surface area is 202 Å². The van der Waals surface area contributed by atoms with E-state index in [2.05, 4.69) is 120 Å². The fraction of sp³-hybridized carbons (Fsp3) is 0.0312. The summed E-state index contributed by atoms with van der Waals surface area (Å²) in [5.41, 5.74) is 3.43. The van der Waals surface area contributed by atoms with E-state index in [0.29, 0.717) is 0 Å². The van der Waals surface area contributed by atoms with Gasteiger partial charge in [0.05, 0.1) is 0 Å². The van der Waals surface area contributed by atoms with Crippen LogP contribution in [0.2, 0.25) is 0 Å². The Morgan fingerprint density at radius 1 is 0.471 bits per heavy atom. The number of nitrogens with zero attached hydrogens (tertiary/aromatic N) is 1. The first kappa shape index (κ1) is 22.0. The zero-order valence-corrected chi connectivity index (χ0v) is 20.1. The van der Waals surface area contributed by atoms with Crippen molar-refractivity contribution in [1.29, 1.82) is 0 Å². The van der Waals surface area contributed by atoms with E-state index in [0.717, 1.165) is 17.4 Å². The SMILES string of the molecule is C(=N\c1ccccc1)/c1ccc(C[PH](c2ccccc2)(c2ccccc2)c2ccccc2)cc1. The molecule has 5 aromatic rings. The second-order valence-electron chi connectivity index (χ2n) is 8.52. The summed E-state index contributed by atoms with van der Waals surface area (Å²) in [6.07, 6.45) is 2.94. The average molecular weight is 458 g/mol. The van der Waals surface area contributed by atoms with Crippen LogP contribution in [0.5, 0.6) is 0 Å². The van der Waals surface area contributed by atoms with Gasteiger partial charge >= 0.3 is 203 Å². The molecule has 0 aromatic heterocycles. The fourth-order valence-corrected chi connectivity index (χ4v) is 9.41. The third-order valence-corrected chi connectivity index (χ3v) is 11.3. The van der Waals surface area contributed by atoms with Crippen molar-refractivity contribution in [2.45, 2.75) is 6.16 Å². The fourth-order valence-electron chi connectivity index (χ4n) is 4.67. The van der Waals surface area contributed by atoms with Crippen molar-refractivity contribution in [3.8, 4) is 0 Å². The monoisotopic (exact) mass is 457 g/mol. The van der Waals surface area contributed by atoms with Crippen LogP contribution in [0, 0.1) is 0 Å². The summed E-state index contributed by atoms with van der Waals surface area (Å²) in [6.45, 7) is 0. The molecule has 0 heterocycles. The van der Waals surface area contributed by atoms with Gasteiger partial charge in [-0.05, 0) is 0 Å². The van der Waals surface area contributed by atoms with Crippen molar-refractivity contribution >= 4 is 35.1 Å². The van der Waals surface area contributed by atoms with Gasteiger partial charge in [-0.1, -0.05) is 0 Å². The Kier molecular flexibility index (Phi) is 6.75. The molecule has 1 nitrogen and oxygen atoms in total. The summed E-state index contributed by atoms with van der Waals surface area (Å²) in [5, 5.41) is 4.30. The van der Waals surface area contributed by atoms with Gasteiger partial charge in [-0.15, -0.1) is 0 Å². The molecule has 0 bridgehead atoms. The van der Waals surface area contributed by atoms with Crippen LogP contribution in [0.25, 0.3) is 0 Å². The first-order valence-electron chi connectivity index (χ1n) is 11.7. The molecule has 0 atom stereocenters. The van der Waals surface area contributed by atoms with Gasteiger partial charge in [0.15, 0.2) is 0 Å². The predicted molar refractivity (Wildman–Crippen MR) is 150 cm³/mol. The molecule has 34 heavy (non-hydrogen) atoms. The number of rotatable bonds is 7. The molecule has 0 unspecified atom stereocenters. The molecule has 0 radical (unpaired) electrons. The second kappa shape index (κ2) is 10.4. The molecule has 5 rings (SSSR count). The van der Waals surface area contributed by atoms with Gasteiger partial charge in [0.25, 0.3) is 0 Å². The van der Waals surface area contributed by atoms with Gasteiger partial charge < -0.3 is 0 Å². The summed E-state index contributed by atoms with van der Waals surface area (Å²) in [4.78, 5) is 4.61. The van der Waals surface area contributed by atoms with Gasteiger partial charge in [0.2, 0.25) is 0 Å². The van der Waals surface area contributed by atoms with E-state index in [1.165, 1.54) is 21.5 Å². The Hall–Kier alpha value is -3.80. The molecule has 0 aliphatic rings. The zero-order valence-electron chi connectivity index (χ0n) is 19.1. The van der Waals surface area contributed by atoms with Gasteiger partial charge in [0, 0.05) is 0 Å². The molecule has 0 spiro atoms. The van der Waals surface area contributed by atoms with E-state index in [-0.39, 0.29) is 0 Å². The van der Waals surface area contributed by atoms with Gasteiger partial charge in [-0.3, -0.25) is 0 Å². The molecule has 0 amide bonds. The van der Waals surface area contributed by atoms with Crippen molar-refractivity contribution in [3.63, 3.8) is 0 Å². The second-order valence-corrected chi connectivity index (χ2v) is 12.4. The summed E-state index contributed by atoms with van der Waals surface area (Å²) in [6, 6.07) is 52.2. The maximum atomic E-state index is 4.61. The summed E-state index contributed by atoms with van der Waals surface area (Å²) in [5.74, 6) is 0. The van der Waals surface area contributed by atoms with Crippen LogP contribution in [0.3, 0.4) is 0 Å². The molecule has 0 aliphatic heterocycles. The van der Waals surface area contributed by atoms with Crippen LogP contribution in [0.1, 0.15) is 11.1 Å². The van der Waals surface area contributed by atoms with E-state index in [1.54, 1.807) is 0 Å². The average Bonchev–Trinajstić information content (AvgIpc) is 2.93. The normalized spacial score (nSPS) is 12.0. The molecular weight excluding hydrogens is 429 g/mol. The molecule has 2 heteroatoms. The Bertz CT molecular complexity index is 1230. The molecule has 166 valence electrons. The molecule has 5 aromatic carbocycles. The summed E-state index contributed by atoms with van der Waals surface area (Å²) >= 11 is 0. The maximum absolute atomic E-state index is 4.61. The van der Waals surface area contributed by atoms with Crippen molar-refractivity contribution < 1.29 is 0 Å². The first-order valence-corrected chi connectivity index (χ1v) is 13.9. The predicted octanol–water partition coefficient (Wildman–Crippen LogP) is 6.66. The topological polar surface area (TPSA) is 12.4 Å². The summed E-state index contributed by atoms with van der Waals surface area (Å²) in [7, 11) is -2.29. The molecule has 0 N–H and O–H groups in total. The minimum atomic E-state index is -2.29. The van der Waals surface area contributed by atoms with Crippen LogP contribution in [0.4, 0.5) is 5.69 Å². The third-order valence-electron chi connectivity index (χ3n) is 6.37. The molecule has 0 saturated carbocycles. The van der Waals surface area contributed by atoms with Crippen molar-refractivity contribution in [2.75, 3.05) is 0 Å². The quantitative estimate of drug-likeness (QED) is 0.191. The Morgan fingerprint density at radius 3 is 1.32 bits per heavy atom. The van der Waals surface area contributed by atoms with E-state index in [4.69, 9.17) is 0 Å². The van der Waals surface area contributed by atoms with E-state index >= 15 is 0 Å². The third kappa shape index (κ3) is 4.76. The first-order chi connectivity index (χ1) is 16.8. The van der Waals surface area contributed by atoms with E-state index in [9.17, 15) is 0 Å². The Balaban J connectivity index is 1.56. The summed E-state index contributed by atoms with van der Waals surface area (Å²) < 4.78 is 0. The van der Waals surface area contributed by atoms with Crippen molar-refractivity contribution in [1.82, 2.24) is 0 Å². The van der Waals surface area contributed by atoms with Gasteiger partial charge in [-0.25, -0.2) is 0 Å². The van der Waals surface area contributed by atoms with Crippen LogP contribution in [0.15, 0.2) is 151 Å². The number of hydrogen-bond acceptors (Lipinski definition) is 1. The number of aliphatic imine (C=N–C) groups is 1. The van der Waals surface area contributed by atoms with Gasteiger partial charge in [-0.2, -0.15) is 0 Å². The number of para-hydroxylation sites is 1. The van der Waals surface area contributed by atoms with Crippen molar-refractivity contribution in [2.24, 2.45) is 4.99 Å². The van der Waals surface area contributed by atoms with Crippen molar-refractivity contribution in [3.05, 3.63) is 157 Å². The van der Waals surface area contributed by atoms with Crippen LogP contribution in [-0.2, 0) is 6.16 Å². The molecule has 0 aliphatic carbocycles. The molecular formula is C32H28NP. The van der Waals surface area contributed by atoms with Crippen LogP contribution < -0.4 is 15.9 Å². The van der Waals surface area contributed by atoms with Crippen LogP contribution >= 0.6 is 7.26 Å². The molecule has 0 fully saturated rings. The zero-order chi connectivity index (χ0) is 23.1. The van der Waals surface area contributed by atoms with E-state index in [1.807, 2.05) is 36.5 Å². The molecule has 0 saturated heterocycles. The number of hydrogen-bond donors (Lipinski definition) is 0. The minimum absolute atomic E-state index is 0.968.